The highest BCUT2D eigenvalue weighted by Crippen LogP contribution is 2.26. The Hall–Kier alpha value is -1.42. The van der Waals surface area contributed by atoms with Crippen molar-refractivity contribution in [3.05, 3.63) is 24.3 Å². The van der Waals surface area contributed by atoms with E-state index in [4.69, 9.17) is 23.5 Å². The van der Waals surface area contributed by atoms with E-state index in [2.05, 4.69) is 42.3 Å². The van der Waals surface area contributed by atoms with Gasteiger partial charge in [0.2, 0.25) is 0 Å². The van der Waals surface area contributed by atoms with E-state index in [1.165, 1.54) is 64.2 Å². The number of aliphatic hydroxyl groups is 3. The van der Waals surface area contributed by atoms with E-state index in [9.17, 15) is 28.5 Å². The maximum absolute atomic E-state index is 12.8. The number of hydrogen-bond acceptors (Lipinski definition) is 11. The molecule has 0 spiro atoms. The van der Waals surface area contributed by atoms with Gasteiger partial charge in [-0.15, -0.1) is 0 Å². The Morgan fingerprint density at radius 2 is 1.29 bits per heavy atom. The van der Waals surface area contributed by atoms with Gasteiger partial charge >= 0.3 is 16.4 Å². The topological polar surface area (TPSA) is 178 Å². The fourth-order valence-corrected chi connectivity index (χ4v) is 6.49. The molecule has 0 radical (unpaired) electrons. The van der Waals surface area contributed by atoms with Crippen LogP contribution in [-0.4, -0.2) is 97.5 Å². The molecule has 6 atom stereocenters. The minimum Gasteiger partial charge on any atom is -0.457 e. The van der Waals surface area contributed by atoms with Crippen LogP contribution in [0.2, 0.25) is 0 Å². The largest absolute Gasteiger partial charge is 0.457 e. The second-order valence-electron chi connectivity index (χ2n) is 13.9. The van der Waals surface area contributed by atoms with E-state index < -0.39 is 59.8 Å². The van der Waals surface area contributed by atoms with Crippen molar-refractivity contribution in [2.24, 2.45) is 0 Å². The predicted molar refractivity (Wildman–Crippen MR) is 202 cm³/mol. The average molecular weight is 765 g/mol. The van der Waals surface area contributed by atoms with E-state index in [1.54, 1.807) is 0 Å². The Balaban J connectivity index is 2.50. The maximum Gasteiger partial charge on any atom is 0.397 e. The number of allylic oxidation sites excluding steroid dienone is 4. The van der Waals surface area contributed by atoms with E-state index >= 15 is 0 Å². The minimum absolute atomic E-state index is 0.0331. The number of hydrogen-bond donors (Lipinski definition) is 4. The number of ether oxygens (including phenoxy) is 4. The molecule has 0 aliphatic carbocycles. The molecule has 1 fully saturated rings. The van der Waals surface area contributed by atoms with Crippen LogP contribution in [0.3, 0.4) is 0 Å². The van der Waals surface area contributed by atoms with Gasteiger partial charge < -0.3 is 34.3 Å². The van der Waals surface area contributed by atoms with Crippen LogP contribution in [-0.2, 0) is 38.3 Å². The number of rotatable bonds is 34. The number of unbranched alkanes of at least 4 members (excludes halogenated alkanes) is 17. The van der Waals surface area contributed by atoms with Gasteiger partial charge in [0, 0.05) is 13.0 Å². The van der Waals surface area contributed by atoms with Gasteiger partial charge in [0.1, 0.15) is 30.5 Å². The average Bonchev–Trinajstić information content (AvgIpc) is 3.11. The molecule has 306 valence electrons. The van der Waals surface area contributed by atoms with Crippen LogP contribution in [0.5, 0.6) is 0 Å². The molecule has 4 N–H and O–H groups in total. The number of esters is 1. The number of carbonyl (C=O) groups is 1. The lowest BCUT2D eigenvalue weighted by Crippen LogP contribution is -2.60. The highest BCUT2D eigenvalue weighted by molar-refractivity contribution is 7.80. The monoisotopic (exact) mass is 764 g/mol. The van der Waals surface area contributed by atoms with Gasteiger partial charge in [0.25, 0.3) is 0 Å². The van der Waals surface area contributed by atoms with Crippen molar-refractivity contribution in [1.82, 2.24) is 0 Å². The second kappa shape index (κ2) is 31.9. The molecule has 13 heteroatoms. The second-order valence-corrected chi connectivity index (χ2v) is 14.9. The van der Waals surface area contributed by atoms with Crippen molar-refractivity contribution >= 4 is 16.4 Å². The Morgan fingerprint density at radius 1 is 0.731 bits per heavy atom. The summed E-state index contributed by atoms with van der Waals surface area (Å²) in [6.45, 7) is 3.91. The third-order valence-corrected chi connectivity index (χ3v) is 9.54. The molecular weight excluding hydrogens is 692 g/mol. The molecular formula is C39H72O12S. The van der Waals surface area contributed by atoms with Crippen LogP contribution >= 0.6 is 0 Å². The Morgan fingerprint density at radius 3 is 1.88 bits per heavy atom. The van der Waals surface area contributed by atoms with Crippen molar-refractivity contribution < 1.29 is 56.2 Å². The van der Waals surface area contributed by atoms with Gasteiger partial charge in [-0.2, -0.15) is 8.42 Å². The first-order valence-electron chi connectivity index (χ1n) is 20.1. The van der Waals surface area contributed by atoms with Crippen LogP contribution in [0.15, 0.2) is 24.3 Å². The summed E-state index contributed by atoms with van der Waals surface area (Å²) in [4.78, 5) is 12.8. The fourth-order valence-electron chi connectivity index (χ4n) is 5.98. The quantitative estimate of drug-likeness (QED) is 0.0223. The van der Waals surface area contributed by atoms with Crippen LogP contribution in [0.25, 0.3) is 0 Å². The van der Waals surface area contributed by atoms with Crippen molar-refractivity contribution in [2.45, 2.75) is 192 Å². The maximum atomic E-state index is 12.8. The summed E-state index contributed by atoms with van der Waals surface area (Å²) in [7, 11) is -5.06. The molecule has 0 aromatic carbocycles. The van der Waals surface area contributed by atoms with Crippen molar-refractivity contribution in [3.63, 3.8) is 0 Å². The molecule has 0 aromatic rings. The van der Waals surface area contributed by atoms with Crippen molar-refractivity contribution in [2.75, 3.05) is 26.4 Å². The molecule has 1 saturated heterocycles. The zero-order chi connectivity index (χ0) is 38.3. The molecule has 1 rings (SSSR count). The lowest BCUT2D eigenvalue weighted by atomic mass is 9.99. The third-order valence-electron chi connectivity index (χ3n) is 9.08. The van der Waals surface area contributed by atoms with Gasteiger partial charge in [0.15, 0.2) is 6.29 Å². The summed E-state index contributed by atoms with van der Waals surface area (Å²) in [5.74, 6) is -0.414. The Labute approximate surface area is 314 Å². The summed E-state index contributed by atoms with van der Waals surface area (Å²) >= 11 is 0. The summed E-state index contributed by atoms with van der Waals surface area (Å²) in [5.41, 5.74) is 0. The van der Waals surface area contributed by atoms with Crippen LogP contribution < -0.4 is 0 Å². The normalized spacial score (nSPS) is 21.7. The highest BCUT2D eigenvalue weighted by Gasteiger charge is 2.48. The fraction of sp³-hybridized carbons (Fsp3) is 0.872. The third kappa shape index (κ3) is 25.6. The number of aliphatic hydroxyl groups excluding tert-OH is 3. The zero-order valence-corrected chi connectivity index (χ0v) is 32.9. The van der Waals surface area contributed by atoms with Gasteiger partial charge in [-0.1, -0.05) is 134 Å². The van der Waals surface area contributed by atoms with Gasteiger partial charge in [-0.05, 0) is 38.5 Å². The van der Waals surface area contributed by atoms with E-state index in [0.717, 1.165) is 64.2 Å². The van der Waals surface area contributed by atoms with Crippen LogP contribution in [0, 0.1) is 0 Å². The molecule has 0 bridgehead atoms. The van der Waals surface area contributed by atoms with Crippen LogP contribution in [0.4, 0.5) is 0 Å². The molecule has 1 heterocycles. The molecule has 0 saturated carbocycles. The standard InChI is InChI=1S/C39H72O12S/c1-3-5-7-9-11-13-15-16-17-18-20-22-24-26-28-35(41)49-33(31-47-29-27-25-23-21-19-14-12-10-8-6-4-2)32-48-39-37(43)38(51-52(44,45)46)36(42)34(30-40)50-39/h9,11,15-16,33-34,36-40,42-43H,3-8,10,12-14,17-32H2,1-2H3,(H,44,45,46)/b11-9-,16-15-. The minimum atomic E-state index is -5.06. The molecule has 52 heavy (non-hydrogen) atoms. The van der Waals surface area contributed by atoms with Crippen molar-refractivity contribution in [3.8, 4) is 0 Å². The van der Waals surface area contributed by atoms with Crippen molar-refractivity contribution in [1.29, 1.82) is 0 Å². The molecule has 12 nitrogen and oxygen atoms in total. The Kier molecular flexibility index (Phi) is 29.8. The molecule has 0 amide bonds. The summed E-state index contributed by atoms with van der Waals surface area (Å²) < 4.78 is 58.8. The summed E-state index contributed by atoms with van der Waals surface area (Å²) in [5, 5.41) is 30.5. The smallest absolute Gasteiger partial charge is 0.397 e. The first-order chi connectivity index (χ1) is 25.1. The lowest BCUT2D eigenvalue weighted by Gasteiger charge is -2.41. The van der Waals surface area contributed by atoms with E-state index in [-0.39, 0.29) is 19.6 Å². The number of carbonyl (C=O) groups excluding carboxylic acids is 1. The molecule has 6 unspecified atom stereocenters. The van der Waals surface area contributed by atoms with Gasteiger partial charge in [-0.25, -0.2) is 4.18 Å². The lowest BCUT2D eigenvalue weighted by molar-refractivity contribution is -0.301. The molecule has 1 aliphatic rings. The van der Waals surface area contributed by atoms with E-state index in [1.807, 2.05) is 0 Å². The van der Waals surface area contributed by atoms with E-state index in [0.29, 0.717) is 13.0 Å². The first-order valence-corrected chi connectivity index (χ1v) is 21.5. The summed E-state index contributed by atoms with van der Waals surface area (Å²) in [6, 6.07) is 0. The highest BCUT2D eigenvalue weighted by atomic mass is 32.3. The van der Waals surface area contributed by atoms with Gasteiger partial charge in [-0.3, -0.25) is 9.35 Å². The first kappa shape index (κ1) is 48.6. The molecule has 1 aliphatic heterocycles. The predicted octanol–water partition coefficient (Wildman–Crippen LogP) is 7.29. The van der Waals surface area contributed by atoms with Crippen LogP contribution in [0.1, 0.15) is 155 Å². The molecule has 0 aromatic heterocycles. The summed E-state index contributed by atoms with van der Waals surface area (Å²) in [6.07, 6.45) is 23.6. The zero-order valence-electron chi connectivity index (χ0n) is 32.1. The Bertz CT molecular complexity index is 1020. The van der Waals surface area contributed by atoms with Gasteiger partial charge in [0.05, 0.1) is 19.8 Å². The SMILES string of the molecule is CCCC/C=C\C/C=C\CCCCCCCC(=O)OC(COCCCCCCCCCCCCC)COC1OC(CO)C(O)C(OS(=O)(=O)O)C1O.